The number of nitrogens with one attached hydrogen (secondary N) is 2. The van der Waals surface area contributed by atoms with Crippen LogP contribution >= 0.6 is 0 Å². The minimum Gasteiger partial charge on any atom is -0.355 e. The van der Waals surface area contributed by atoms with Gasteiger partial charge in [-0.2, -0.15) is 13.2 Å². The molecule has 0 radical (unpaired) electrons. The lowest BCUT2D eigenvalue weighted by molar-refractivity contribution is -0.135. The molecule has 0 aliphatic rings. The van der Waals surface area contributed by atoms with Crippen molar-refractivity contribution >= 4 is 5.96 Å². The molecule has 4 nitrogen and oxygen atoms in total. The summed E-state index contributed by atoms with van der Waals surface area (Å²) in [6.45, 7) is 2.74. The first kappa shape index (κ1) is 14.0. The van der Waals surface area contributed by atoms with Gasteiger partial charge in [0.2, 0.25) is 5.96 Å². The minimum atomic E-state index is -4.10. The number of nitrogens with two attached hydrogens (primary N) is 1. The van der Waals surface area contributed by atoms with E-state index in [1.54, 1.807) is 0 Å². The van der Waals surface area contributed by atoms with E-state index in [1.807, 2.05) is 6.92 Å². The summed E-state index contributed by atoms with van der Waals surface area (Å²) in [5.41, 5.74) is 2.29. The van der Waals surface area contributed by atoms with E-state index in [9.17, 15) is 13.2 Å². The highest BCUT2D eigenvalue weighted by Crippen LogP contribution is 2.20. The molecule has 4 N–H and O–H groups in total. The van der Waals surface area contributed by atoms with Gasteiger partial charge in [0.05, 0.1) is 0 Å². The fourth-order valence-electron chi connectivity index (χ4n) is 0.872. The predicted molar refractivity (Wildman–Crippen MR) is 53.2 cm³/mol. The van der Waals surface area contributed by atoms with Crippen molar-refractivity contribution in [2.75, 3.05) is 13.1 Å². The van der Waals surface area contributed by atoms with Gasteiger partial charge in [-0.05, 0) is 12.8 Å². The Morgan fingerprint density at radius 1 is 1.40 bits per heavy atom. The van der Waals surface area contributed by atoms with Crippen LogP contribution in [0.2, 0.25) is 0 Å². The zero-order valence-electron chi connectivity index (χ0n) is 8.69. The molecule has 0 rings (SSSR count). The van der Waals surface area contributed by atoms with Gasteiger partial charge in [0.25, 0.3) is 0 Å². The molecule has 0 saturated heterocycles. The van der Waals surface area contributed by atoms with E-state index in [-0.39, 0.29) is 13.0 Å². The summed E-state index contributed by atoms with van der Waals surface area (Å²) < 4.78 is 35.3. The second-order valence-corrected chi connectivity index (χ2v) is 3.02. The molecule has 0 unspecified atom stereocenters. The van der Waals surface area contributed by atoms with Crippen LogP contribution in [0.15, 0.2) is 4.99 Å². The normalized spacial score (nSPS) is 12.7. The third-order valence-electron chi connectivity index (χ3n) is 1.56. The van der Waals surface area contributed by atoms with Crippen molar-refractivity contribution in [1.29, 1.82) is 0 Å². The van der Waals surface area contributed by atoms with Gasteiger partial charge in [-0.15, -0.1) is 0 Å². The summed E-state index contributed by atoms with van der Waals surface area (Å²) >= 11 is 0. The Hall–Kier alpha value is -0.980. The van der Waals surface area contributed by atoms with Gasteiger partial charge in [-0.25, -0.2) is 5.84 Å². The molecule has 0 aromatic carbocycles. The van der Waals surface area contributed by atoms with Crippen molar-refractivity contribution < 1.29 is 13.2 Å². The van der Waals surface area contributed by atoms with Gasteiger partial charge in [0, 0.05) is 19.5 Å². The number of rotatable bonds is 5. The number of hydrogen-bond donors (Lipinski definition) is 3. The molecule has 0 aliphatic heterocycles. The van der Waals surface area contributed by atoms with Crippen molar-refractivity contribution in [3.63, 3.8) is 0 Å². The van der Waals surface area contributed by atoms with E-state index >= 15 is 0 Å². The van der Waals surface area contributed by atoms with Crippen LogP contribution in [0.25, 0.3) is 0 Å². The lowest BCUT2D eigenvalue weighted by Crippen LogP contribution is -2.42. The Bertz CT molecular complexity index is 191. The van der Waals surface area contributed by atoms with E-state index in [0.29, 0.717) is 12.5 Å². The Morgan fingerprint density at radius 2 is 2.07 bits per heavy atom. The Balaban J connectivity index is 3.64. The molecule has 90 valence electrons. The Labute approximate surface area is 87.1 Å². The largest absolute Gasteiger partial charge is 0.389 e. The van der Waals surface area contributed by atoms with Crippen LogP contribution in [0.4, 0.5) is 13.2 Å². The van der Waals surface area contributed by atoms with Gasteiger partial charge in [-0.3, -0.25) is 10.4 Å². The number of hydrogen-bond acceptors (Lipinski definition) is 2. The first-order valence-corrected chi connectivity index (χ1v) is 4.81. The van der Waals surface area contributed by atoms with Crippen LogP contribution in [0.1, 0.15) is 26.2 Å². The summed E-state index contributed by atoms with van der Waals surface area (Å²) in [7, 11) is 0. The quantitative estimate of drug-likeness (QED) is 0.217. The third kappa shape index (κ3) is 9.33. The second-order valence-electron chi connectivity index (χ2n) is 3.02. The van der Waals surface area contributed by atoms with Gasteiger partial charge in [0.1, 0.15) is 0 Å². The molecular weight excluding hydrogens is 209 g/mol. The van der Waals surface area contributed by atoms with E-state index in [4.69, 9.17) is 5.84 Å². The highest BCUT2D eigenvalue weighted by atomic mass is 19.4. The van der Waals surface area contributed by atoms with Crippen molar-refractivity contribution in [2.24, 2.45) is 10.8 Å². The summed E-state index contributed by atoms with van der Waals surface area (Å²) in [6.07, 6.45) is -4.03. The lowest BCUT2D eigenvalue weighted by Gasteiger charge is -2.09. The number of nitrogens with zero attached hydrogens (tertiary/aromatic N) is 1. The van der Waals surface area contributed by atoms with Gasteiger partial charge < -0.3 is 5.32 Å². The maximum Gasteiger partial charge on any atom is 0.389 e. The molecule has 0 saturated carbocycles. The number of halogens is 3. The SMILES string of the molecule is CCCN=C(NN)NCCCC(F)(F)F. The fourth-order valence-corrected chi connectivity index (χ4v) is 0.872. The molecule has 7 heteroatoms. The molecule has 0 fully saturated rings. The van der Waals surface area contributed by atoms with Crippen LogP contribution in [0.5, 0.6) is 0 Å². The van der Waals surface area contributed by atoms with Gasteiger partial charge >= 0.3 is 6.18 Å². The van der Waals surface area contributed by atoms with E-state index < -0.39 is 12.6 Å². The summed E-state index contributed by atoms with van der Waals surface area (Å²) in [5.74, 6) is 5.45. The average molecular weight is 226 g/mol. The van der Waals surface area contributed by atoms with E-state index in [1.165, 1.54) is 0 Å². The first-order valence-electron chi connectivity index (χ1n) is 4.81. The molecule has 0 heterocycles. The number of guanidine groups is 1. The summed E-state index contributed by atoms with van der Waals surface area (Å²) in [5, 5.41) is 2.69. The Morgan fingerprint density at radius 3 is 2.53 bits per heavy atom. The molecule has 0 amide bonds. The highest BCUT2D eigenvalue weighted by molar-refractivity contribution is 5.79. The molecule has 0 spiro atoms. The van der Waals surface area contributed by atoms with Crippen LogP contribution in [-0.4, -0.2) is 25.2 Å². The molecule has 0 atom stereocenters. The third-order valence-corrected chi connectivity index (χ3v) is 1.56. The lowest BCUT2D eigenvalue weighted by atomic mass is 10.3. The second kappa shape index (κ2) is 7.33. The van der Waals surface area contributed by atoms with Crippen molar-refractivity contribution in [2.45, 2.75) is 32.4 Å². The van der Waals surface area contributed by atoms with E-state index in [2.05, 4.69) is 15.7 Å². The van der Waals surface area contributed by atoms with Crippen molar-refractivity contribution in [1.82, 2.24) is 10.7 Å². The monoisotopic (exact) mass is 226 g/mol. The molecular formula is C8H17F3N4. The highest BCUT2D eigenvalue weighted by Gasteiger charge is 2.25. The predicted octanol–water partition coefficient (Wildman–Crippen LogP) is 1.15. The minimum absolute atomic E-state index is 0.0102. The van der Waals surface area contributed by atoms with Crippen molar-refractivity contribution in [3.05, 3.63) is 0 Å². The maximum atomic E-state index is 11.8. The van der Waals surface area contributed by atoms with Crippen molar-refractivity contribution in [3.8, 4) is 0 Å². The van der Waals surface area contributed by atoms with Crippen LogP contribution < -0.4 is 16.6 Å². The fraction of sp³-hybridized carbons (Fsp3) is 0.875. The van der Waals surface area contributed by atoms with Crippen LogP contribution in [0.3, 0.4) is 0 Å². The van der Waals surface area contributed by atoms with Crippen LogP contribution in [0, 0.1) is 0 Å². The average Bonchev–Trinajstić information content (AvgIpc) is 2.15. The summed E-state index contributed by atoms with van der Waals surface area (Å²) in [4.78, 5) is 3.98. The van der Waals surface area contributed by atoms with E-state index in [0.717, 1.165) is 6.42 Å². The summed E-state index contributed by atoms with van der Waals surface area (Å²) in [6, 6.07) is 0. The zero-order valence-corrected chi connectivity index (χ0v) is 8.69. The smallest absolute Gasteiger partial charge is 0.355 e. The Kier molecular flexibility index (Phi) is 6.85. The number of alkyl halides is 3. The molecule has 15 heavy (non-hydrogen) atoms. The molecule has 0 bridgehead atoms. The van der Waals surface area contributed by atoms with Gasteiger partial charge in [-0.1, -0.05) is 6.92 Å². The topological polar surface area (TPSA) is 62.4 Å². The standard InChI is InChI=1S/C8H17F3N4/c1-2-5-13-7(15-12)14-6-3-4-8(9,10)11/h2-6,12H2,1H3,(H2,13,14,15). The zero-order chi connectivity index (χ0) is 11.7. The van der Waals surface area contributed by atoms with Crippen LogP contribution in [-0.2, 0) is 0 Å². The number of hydrazine groups is 1. The molecule has 0 aromatic rings. The molecule has 0 aliphatic carbocycles. The van der Waals surface area contributed by atoms with Gasteiger partial charge in [0.15, 0.2) is 0 Å². The number of aliphatic imine (C=N–C) groups is 1. The maximum absolute atomic E-state index is 11.8. The first-order chi connectivity index (χ1) is 6.99. The molecule has 0 aromatic heterocycles.